The van der Waals surface area contributed by atoms with Crippen LogP contribution in [-0.4, -0.2) is 17.3 Å². The molecule has 0 saturated heterocycles. The van der Waals surface area contributed by atoms with Crippen molar-refractivity contribution in [2.24, 2.45) is 5.92 Å². The zero-order chi connectivity index (χ0) is 15.8. The lowest BCUT2D eigenvalue weighted by atomic mass is 9.86. The highest BCUT2D eigenvalue weighted by atomic mass is 35.5. The molecule has 0 saturated carbocycles. The van der Waals surface area contributed by atoms with Gasteiger partial charge in [-0.25, -0.2) is 0 Å². The molecule has 0 aliphatic rings. The topological polar surface area (TPSA) is 37.3 Å². The summed E-state index contributed by atoms with van der Waals surface area (Å²) in [5, 5.41) is 11.1. The molecule has 6 heteroatoms. The molecule has 2 aromatic carbocycles. The van der Waals surface area contributed by atoms with Gasteiger partial charge in [-0.3, -0.25) is 4.79 Å². The number of hydrogen-bond donors (Lipinski definition) is 1. The van der Waals surface area contributed by atoms with E-state index in [1.807, 2.05) is 0 Å². The van der Waals surface area contributed by atoms with E-state index < -0.39 is 24.0 Å². The number of alkyl halides is 3. The Balaban J connectivity index is 2.51. The predicted octanol–water partition coefficient (Wildman–Crippen LogP) is 4.86. The molecule has 21 heavy (non-hydrogen) atoms. The molecule has 2 unspecified atom stereocenters. The van der Waals surface area contributed by atoms with Crippen LogP contribution in [0.2, 0.25) is 5.02 Å². The van der Waals surface area contributed by atoms with Crippen LogP contribution in [0.5, 0.6) is 0 Å². The van der Waals surface area contributed by atoms with Gasteiger partial charge in [0.2, 0.25) is 0 Å². The second-order valence-electron chi connectivity index (χ2n) is 4.90. The minimum Gasteiger partial charge on any atom is -0.481 e. The molecule has 0 heterocycles. The van der Waals surface area contributed by atoms with Gasteiger partial charge < -0.3 is 5.11 Å². The van der Waals surface area contributed by atoms with E-state index in [9.17, 15) is 18.0 Å². The van der Waals surface area contributed by atoms with Gasteiger partial charge in [-0.1, -0.05) is 42.8 Å². The number of fused-ring (bicyclic) bond motifs is 1. The smallest absolute Gasteiger partial charge is 0.392 e. The summed E-state index contributed by atoms with van der Waals surface area (Å²) >= 11 is 5.84. The highest BCUT2D eigenvalue weighted by Gasteiger charge is 2.45. The largest absolute Gasteiger partial charge is 0.481 e. The summed E-state index contributed by atoms with van der Waals surface area (Å²) in [5.41, 5.74) is 0.127. The first-order chi connectivity index (χ1) is 9.70. The highest BCUT2D eigenvalue weighted by molar-refractivity contribution is 6.31. The van der Waals surface area contributed by atoms with Gasteiger partial charge in [0, 0.05) is 5.02 Å². The van der Waals surface area contributed by atoms with Crippen molar-refractivity contribution in [2.75, 3.05) is 0 Å². The number of carbonyl (C=O) groups is 1. The minimum atomic E-state index is -4.57. The third kappa shape index (κ3) is 3.29. The molecule has 0 radical (unpaired) electrons. The Morgan fingerprint density at radius 3 is 2.29 bits per heavy atom. The van der Waals surface area contributed by atoms with Crippen molar-refractivity contribution < 1.29 is 23.1 Å². The number of hydrogen-bond acceptors (Lipinski definition) is 1. The maximum absolute atomic E-state index is 12.8. The number of halogens is 4. The van der Waals surface area contributed by atoms with Crippen molar-refractivity contribution in [3.63, 3.8) is 0 Å². The molecule has 112 valence electrons. The summed E-state index contributed by atoms with van der Waals surface area (Å²) in [7, 11) is 0. The van der Waals surface area contributed by atoms with E-state index in [-0.39, 0.29) is 5.56 Å². The molecule has 0 spiro atoms. The standard InChI is InChI=1S/C15H12ClF3O2/c1-8(15(17,18)19)13(14(20)21)11-3-2-10-7-12(16)5-4-9(10)6-11/h2-8,13H,1H3,(H,20,21). The number of aliphatic carboxylic acids is 1. The average molecular weight is 317 g/mol. The van der Waals surface area contributed by atoms with Gasteiger partial charge in [0.05, 0.1) is 11.8 Å². The minimum absolute atomic E-state index is 0.127. The van der Waals surface area contributed by atoms with E-state index in [0.29, 0.717) is 10.4 Å². The van der Waals surface area contributed by atoms with E-state index in [2.05, 4.69) is 0 Å². The van der Waals surface area contributed by atoms with Crippen LogP contribution >= 0.6 is 11.6 Å². The van der Waals surface area contributed by atoms with Crippen LogP contribution in [0.3, 0.4) is 0 Å². The van der Waals surface area contributed by atoms with Gasteiger partial charge in [0.15, 0.2) is 0 Å². The third-order valence-corrected chi connectivity index (χ3v) is 3.70. The van der Waals surface area contributed by atoms with Gasteiger partial charge in [-0.2, -0.15) is 13.2 Å². The van der Waals surface area contributed by atoms with E-state index in [0.717, 1.165) is 12.3 Å². The quantitative estimate of drug-likeness (QED) is 0.878. The molecule has 2 aromatic rings. The molecule has 0 amide bonds. The molecule has 0 aliphatic carbocycles. The van der Waals surface area contributed by atoms with Gasteiger partial charge in [-0.15, -0.1) is 0 Å². The fourth-order valence-electron chi connectivity index (χ4n) is 2.26. The summed E-state index contributed by atoms with van der Waals surface area (Å²) in [6.07, 6.45) is -4.57. The van der Waals surface area contributed by atoms with Crippen LogP contribution in [0.1, 0.15) is 18.4 Å². The predicted molar refractivity (Wildman–Crippen MR) is 74.6 cm³/mol. The van der Waals surface area contributed by atoms with Crippen molar-refractivity contribution in [2.45, 2.75) is 19.0 Å². The van der Waals surface area contributed by atoms with Gasteiger partial charge in [0.1, 0.15) is 0 Å². The molecule has 1 N–H and O–H groups in total. The fourth-order valence-corrected chi connectivity index (χ4v) is 2.44. The Morgan fingerprint density at radius 1 is 1.14 bits per heavy atom. The first kappa shape index (κ1) is 15.6. The molecule has 0 aromatic heterocycles. The van der Waals surface area contributed by atoms with Gasteiger partial charge in [0.25, 0.3) is 0 Å². The fraction of sp³-hybridized carbons (Fsp3) is 0.267. The summed E-state index contributed by atoms with van der Waals surface area (Å²) in [6, 6.07) is 9.38. The van der Waals surface area contributed by atoms with Crippen LogP contribution in [0.15, 0.2) is 36.4 Å². The lowest BCUT2D eigenvalue weighted by molar-refractivity contribution is -0.183. The maximum Gasteiger partial charge on any atom is 0.392 e. The van der Waals surface area contributed by atoms with Gasteiger partial charge >= 0.3 is 12.1 Å². The van der Waals surface area contributed by atoms with Gasteiger partial charge in [-0.05, 0) is 28.5 Å². The van der Waals surface area contributed by atoms with Crippen molar-refractivity contribution >= 4 is 28.3 Å². The van der Waals surface area contributed by atoms with E-state index in [1.54, 1.807) is 24.3 Å². The number of carboxylic acid groups (broad SMARTS) is 1. The SMILES string of the molecule is CC(C(C(=O)O)c1ccc2cc(Cl)ccc2c1)C(F)(F)F. The summed E-state index contributed by atoms with van der Waals surface area (Å²) in [5.74, 6) is -5.10. The second-order valence-corrected chi connectivity index (χ2v) is 5.33. The van der Waals surface area contributed by atoms with Crippen LogP contribution in [0.25, 0.3) is 10.8 Å². The van der Waals surface area contributed by atoms with E-state index in [1.165, 1.54) is 12.1 Å². The summed E-state index contributed by atoms with van der Waals surface area (Å²) in [4.78, 5) is 11.3. The molecule has 0 fully saturated rings. The summed E-state index contributed by atoms with van der Waals surface area (Å²) < 4.78 is 38.5. The first-order valence-corrected chi connectivity index (χ1v) is 6.56. The summed E-state index contributed by atoms with van der Waals surface area (Å²) in [6.45, 7) is 0.880. The molecular weight excluding hydrogens is 305 g/mol. The van der Waals surface area contributed by atoms with E-state index >= 15 is 0 Å². The molecule has 2 rings (SSSR count). The number of carboxylic acids is 1. The zero-order valence-corrected chi connectivity index (χ0v) is 11.7. The maximum atomic E-state index is 12.8. The Morgan fingerprint density at radius 2 is 1.71 bits per heavy atom. The molecule has 2 nitrogen and oxygen atoms in total. The Hall–Kier alpha value is -1.75. The number of benzene rings is 2. The lowest BCUT2D eigenvalue weighted by Crippen LogP contribution is -2.31. The monoisotopic (exact) mass is 316 g/mol. The van der Waals surface area contributed by atoms with Crippen molar-refractivity contribution in [3.05, 3.63) is 47.0 Å². The number of rotatable bonds is 3. The van der Waals surface area contributed by atoms with Crippen LogP contribution in [0, 0.1) is 5.92 Å². The Bertz CT molecular complexity index is 682. The molecule has 2 atom stereocenters. The molecule has 0 bridgehead atoms. The Labute approximate surface area is 124 Å². The van der Waals surface area contributed by atoms with E-state index in [4.69, 9.17) is 16.7 Å². The Kier molecular flexibility index (Phi) is 4.14. The van der Waals surface area contributed by atoms with Crippen molar-refractivity contribution in [3.8, 4) is 0 Å². The van der Waals surface area contributed by atoms with Crippen LogP contribution in [0.4, 0.5) is 13.2 Å². The highest BCUT2D eigenvalue weighted by Crippen LogP contribution is 2.38. The lowest BCUT2D eigenvalue weighted by Gasteiger charge is -2.23. The third-order valence-electron chi connectivity index (χ3n) is 3.47. The zero-order valence-electron chi connectivity index (χ0n) is 11.0. The second kappa shape index (κ2) is 5.56. The molecular formula is C15H12ClF3O2. The molecule has 0 aliphatic heterocycles. The first-order valence-electron chi connectivity index (χ1n) is 6.19. The van der Waals surface area contributed by atoms with Crippen molar-refractivity contribution in [1.82, 2.24) is 0 Å². The van der Waals surface area contributed by atoms with Crippen LogP contribution in [-0.2, 0) is 4.79 Å². The van der Waals surface area contributed by atoms with Crippen molar-refractivity contribution in [1.29, 1.82) is 0 Å². The van der Waals surface area contributed by atoms with Crippen LogP contribution < -0.4 is 0 Å². The normalized spacial score (nSPS) is 14.9. The average Bonchev–Trinajstić information content (AvgIpc) is 2.37.